The number of carbonyl (C=O) groups excluding carboxylic acids is 2. The van der Waals surface area contributed by atoms with Crippen LogP contribution in [0.4, 0.5) is 26.3 Å². The zero-order valence-corrected chi connectivity index (χ0v) is 15.0. The van der Waals surface area contributed by atoms with Gasteiger partial charge in [-0.2, -0.15) is 26.3 Å². The van der Waals surface area contributed by atoms with E-state index in [1.165, 1.54) is 18.2 Å². The second-order valence-electron chi connectivity index (χ2n) is 6.98. The van der Waals surface area contributed by atoms with E-state index < -0.39 is 42.2 Å². The highest BCUT2D eigenvalue weighted by Crippen LogP contribution is 2.37. The van der Waals surface area contributed by atoms with Crippen LogP contribution < -0.4 is 0 Å². The maximum atomic E-state index is 12.5. The van der Waals surface area contributed by atoms with Gasteiger partial charge in [-0.05, 0) is 18.4 Å². The number of hydrogen-bond acceptors (Lipinski definition) is 3. The predicted octanol–water partition coefficient (Wildman–Crippen LogP) is 5.17. The van der Waals surface area contributed by atoms with Gasteiger partial charge < -0.3 is 4.74 Å². The Kier molecular flexibility index (Phi) is 8.10. The van der Waals surface area contributed by atoms with Crippen LogP contribution >= 0.6 is 0 Å². The van der Waals surface area contributed by atoms with Crippen molar-refractivity contribution >= 4 is 11.6 Å². The van der Waals surface area contributed by atoms with Crippen molar-refractivity contribution in [2.75, 3.05) is 6.61 Å². The first kappa shape index (κ1) is 23.2. The third kappa shape index (κ3) is 8.62. The van der Waals surface area contributed by atoms with Crippen LogP contribution in [0.25, 0.3) is 0 Å². The zero-order chi connectivity index (χ0) is 20.8. The van der Waals surface area contributed by atoms with Crippen molar-refractivity contribution in [3.63, 3.8) is 0 Å². The number of allylic oxidation sites excluding steroid dienone is 4. The highest BCUT2D eigenvalue weighted by molar-refractivity contribution is 5.91. The van der Waals surface area contributed by atoms with Gasteiger partial charge in [-0.3, -0.25) is 9.59 Å². The van der Waals surface area contributed by atoms with Crippen LogP contribution in [0.15, 0.2) is 24.0 Å². The summed E-state index contributed by atoms with van der Waals surface area (Å²) in [4.78, 5) is 21.7. The van der Waals surface area contributed by atoms with Gasteiger partial charge in [-0.25, -0.2) is 0 Å². The Morgan fingerprint density at radius 1 is 0.963 bits per heavy atom. The minimum atomic E-state index is -4.32. The second kappa shape index (κ2) is 9.41. The van der Waals surface area contributed by atoms with Crippen LogP contribution in [0.1, 0.15) is 39.5 Å². The molecule has 154 valence electrons. The first-order valence-electron chi connectivity index (χ1n) is 8.48. The maximum Gasteiger partial charge on any atom is 0.392 e. The molecule has 0 radical (unpaired) electrons. The van der Waals surface area contributed by atoms with Gasteiger partial charge in [-0.15, -0.1) is 0 Å². The SMILES string of the molecule is CC(C)COC1=CC(=O)CC(C(F)(F)F)C1.O=C1C=CCC(C(F)(F)F)C1. The van der Waals surface area contributed by atoms with E-state index in [9.17, 15) is 35.9 Å². The molecule has 2 rings (SSSR count). The summed E-state index contributed by atoms with van der Waals surface area (Å²) in [7, 11) is 0. The van der Waals surface area contributed by atoms with Gasteiger partial charge in [0, 0.05) is 25.3 Å². The molecule has 0 amide bonds. The van der Waals surface area contributed by atoms with Gasteiger partial charge in [0.05, 0.1) is 18.4 Å². The fourth-order valence-corrected chi connectivity index (χ4v) is 2.47. The Balaban J connectivity index is 0.000000289. The van der Waals surface area contributed by atoms with Gasteiger partial charge in [0.25, 0.3) is 0 Å². The average Bonchev–Trinajstić information content (AvgIpc) is 2.51. The van der Waals surface area contributed by atoms with Crippen molar-refractivity contribution < 1.29 is 40.7 Å². The van der Waals surface area contributed by atoms with Crippen molar-refractivity contribution in [1.29, 1.82) is 0 Å². The Hall–Kier alpha value is -1.80. The molecule has 0 aromatic heterocycles. The summed E-state index contributed by atoms with van der Waals surface area (Å²) in [6.07, 6.45) is -6.00. The fraction of sp³-hybridized carbons (Fsp3) is 0.667. The number of alkyl halides is 6. The molecule has 0 fully saturated rings. The van der Waals surface area contributed by atoms with Crippen LogP contribution in [0.2, 0.25) is 0 Å². The average molecular weight is 400 g/mol. The molecule has 0 aliphatic heterocycles. The van der Waals surface area contributed by atoms with E-state index in [0.29, 0.717) is 6.61 Å². The van der Waals surface area contributed by atoms with E-state index in [4.69, 9.17) is 4.74 Å². The standard InChI is InChI=1S/C11H15F3O2.C7H7F3O/c1-7(2)6-16-10-4-8(11(12,13)14)3-9(15)5-10;8-7(9,10)5-2-1-3-6(11)4-5/h5,7-8H,3-4,6H2,1-2H3;1,3,5H,2,4H2. The van der Waals surface area contributed by atoms with E-state index in [1.54, 1.807) is 0 Å². The lowest BCUT2D eigenvalue weighted by Crippen LogP contribution is -2.29. The summed E-state index contributed by atoms with van der Waals surface area (Å²) in [5, 5.41) is 0. The summed E-state index contributed by atoms with van der Waals surface area (Å²) >= 11 is 0. The molecule has 0 saturated heterocycles. The van der Waals surface area contributed by atoms with E-state index >= 15 is 0 Å². The van der Waals surface area contributed by atoms with E-state index in [1.807, 2.05) is 13.8 Å². The molecule has 0 N–H and O–H groups in total. The molecule has 0 saturated carbocycles. The van der Waals surface area contributed by atoms with E-state index in [2.05, 4.69) is 0 Å². The van der Waals surface area contributed by atoms with Crippen LogP contribution in [0.5, 0.6) is 0 Å². The number of rotatable bonds is 3. The molecular weight excluding hydrogens is 378 g/mol. The number of hydrogen-bond donors (Lipinski definition) is 0. The van der Waals surface area contributed by atoms with Crippen LogP contribution in [0, 0.1) is 17.8 Å². The lowest BCUT2D eigenvalue weighted by Gasteiger charge is -2.24. The largest absolute Gasteiger partial charge is 0.498 e. The first-order valence-corrected chi connectivity index (χ1v) is 8.48. The van der Waals surface area contributed by atoms with E-state index in [-0.39, 0.29) is 30.9 Å². The minimum Gasteiger partial charge on any atom is -0.498 e. The molecule has 3 nitrogen and oxygen atoms in total. The van der Waals surface area contributed by atoms with Crippen LogP contribution in [-0.4, -0.2) is 30.5 Å². The molecule has 0 aromatic carbocycles. The van der Waals surface area contributed by atoms with Crippen LogP contribution in [0.3, 0.4) is 0 Å². The van der Waals surface area contributed by atoms with Gasteiger partial charge in [0.2, 0.25) is 0 Å². The monoisotopic (exact) mass is 400 g/mol. The molecule has 0 spiro atoms. The maximum absolute atomic E-state index is 12.5. The van der Waals surface area contributed by atoms with Gasteiger partial charge in [0.1, 0.15) is 5.76 Å². The van der Waals surface area contributed by atoms with Crippen molar-refractivity contribution in [3.8, 4) is 0 Å². The van der Waals surface area contributed by atoms with Gasteiger partial charge >= 0.3 is 12.4 Å². The minimum absolute atomic E-state index is 0.0603. The van der Waals surface area contributed by atoms with Crippen molar-refractivity contribution in [3.05, 3.63) is 24.0 Å². The van der Waals surface area contributed by atoms with Crippen molar-refractivity contribution in [2.45, 2.75) is 51.9 Å². The molecule has 2 aliphatic rings. The zero-order valence-electron chi connectivity index (χ0n) is 15.0. The molecule has 0 heterocycles. The third-order valence-electron chi connectivity index (χ3n) is 3.92. The predicted molar refractivity (Wildman–Crippen MR) is 85.6 cm³/mol. The molecule has 9 heteroatoms. The number of carbonyl (C=O) groups is 2. The molecule has 0 aromatic rings. The quantitative estimate of drug-likeness (QED) is 0.614. The van der Waals surface area contributed by atoms with Crippen molar-refractivity contribution in [2.24, 2.45) is 17.8 Å². The summed E-state index contributed by atoms with van der Waals surface area (Å²) in [5.41, 5.74) is 0. The summed E-state index contributed by atoms with van der Waals surface area (Å²) < 4.78 is 78.3. The lowest BCUT2D eigenvalue weighted by atomic mass is 9.91. The molecule has 27 heavy (non-hydrogen) atoms. The summed E-state index contributed by atoms with van der Waals surface area (Å²) in [6, 6.07) is 0. The fourth-order valence-electron chi connectivity index (χ4n) is 2.47. The third-order valence-corrected chi connectivity index (χ3v) is 3.92. The molecule has 0 bridgehead atoms. The number of halogens is 6. The Morgan fingerprint density at radius 2 is 1.52 bits per heavy atom. The lowest BCUT2D eigenvalue weighted by molar-refractivity contribution is -0.180. The topological polar surface area (TPSA) is 43.4 Å². The summed E-state index contributed by atoms with van der Waals surface area (Å²) in [5.74, 6) is -3.60. The number of ketones is 2. The molecule has 2 aliphatic carbocycles. The highest BCUT2D eigenvalue weighted by Gasteiger charge is 2.43. The Bertz CT molecular complexity index is 587. The van der Waals surface area contributed by atoms with E-state index in [0.717, 1.165) is 0 Å². The molecule has 2 atom stereocenters. The van der Waals surface area contributed by atoms with Crippen molar-refractivity contribution in [1.82, 2.24) is 0 Å². The first-order chi connectivity index (χ1) is 12.3. The van der Waals surface area contributed by atoms with Crippen LogP contribution in [-0.2, 0) is 14.3 Å². The summed E-state index contributed by atoms with van der Waals surface area (Å²) in [6.45, 7) is 4.13. The Morgan fingerprint density at radius 3 is 1.96 bits per heavy atom. The number of ether oxygens (including phenoxy) is 1. The second-order valence-corrected chi connectivity index (χ2v) is 6.98. The highest BCUT2D eigenvalue weighted by atomic mass is 19.4. The normalized spacial score (nSPS) is 23.7. The smallest absolute Gasteiger partial charge is 0.392 e. The molecule has 2 unspecified atom stereocenters. The van der Waals surface area contributed by atoms with Gasteiger partial charge in [-0.1, -0.05) is 19.9 Å². The molecular formula is C18H22F6O3. The van der Waals surface area contributed by atoms with Gasteiger partial charge in [0.15, 0.2) is 11.6 Å². The Labute approximate surface area is 153 Å².